The fourth-order valence-corrected chi connectivity index (χ4v) is 6.13. The van der Waals surface area contributed by atoms with E-state index in [0.717, 1.165) is 43.4 Å². The maximum absolute atomic E-state index is 14.1. The number of aliphatic carboxylic acids is 1. The van der Waals surface area contributed by atoms with Crippen molar-refractivity contribution in [2.75, 3.05) is 5.32 Å². The lowest BCUT2D eigenvalue weighted by atomic mass is 9.72. The van der Waals surface area contributed by atoms with Crippen LogP contribution in [0.15, 0.2) is 42.5 Å². The van der Waals surface area contributed by atoms with Gasteiger partial charge in [-0.1, -0.05) is 70.4 Å². The number of amides is 1. The molecule has 1 aromatic carbocycles. The van der Waals surface area contributed by atoms with Crippen LogP contribution >= 0.6 is 0 Å². The van der Waals surface area contributed by atoms with Crippen LogP contribution in [0.2, 0.25) is 0 Å². The van der Waals surface area contributed by atoms with E-state index in [1.165, 1.54) is 0 Å². The van der Waals surface area contributed by atoms with Gasteiger partial charge in [0.25, 0.3) is 0 Å². The summed E-state index contributed by atoms with van der Waals surface area (Å²) < 4.78 is 0. The van der Waals surface area contributed by atoms with Crippen LogP contribution in [0.25, 0.3) is 0 Å². The van der Waals surface area contributed by atoms with Gasteiger partial charge < -0.3 is 15.3 Å². The quantitative estimate of drug-likeness (QED) is 0.590. The second-order valence-corrected chi connectivity index (χ2v) is 11.2. The zero-order valence-electron chi connectivity index (χ0n) is 21.6. The summed E-state index contributed by atoms with van der Waals surface area (Å²) in [6.07, 6.45) is 4.67. The van der Waals surface area contributed by atoms with Gasteiger partial charge in [-0.25, -0.2) is 9.78 Å². The minimum atomic E-state index is -1.00. The molecule has 0 radical (unpaired) electrons. The topological polar surface area (TPSA) is 106 Å². The summed E-state index contributed by atoms with van der Waals surface area (Å²) in [6, 6.07) is 13.4. The van der Waals surface area contributed by atoms with E-state index in [1.54, 1.807) is 17.0 Å². The Morgan fingerprint density at radius 1 is 1.08 bits per heavy atom. The second kappa shape index (κ2) is 10.3. The van der Waals surface area contributed by atoms with Gasteiger partial charge >= 0.3 is 5.97 Å². The van der Waals surface area contributed by atoms with Crippen LogP contribution < -0.4 is 5.32 Å². The van der Waals surface area contributed by atoms with Crippen molar-refractivity contribution in [1.29, 1.82) is 5.26 Å². The van der Waals surface area contributed by atoms with Gasteiger partial charge in [0, 0.05) is 17.5 Å². The van der Waals surface area contributed by atoms with E-state index in [4.69, 9.17) is 0 Å². The summed E-state index contributed by atoms with van der Waals surface area (Å²) in [7, 11) is 0. The zero-order valence-corrected chi connectivity index (χ0v) is 21.6. The van der Waals surface area contributed by atoms with Gasteiger partial charge in [-0.3, -0.25) is 4.79 Å². The number of aryl methyl sites for hydroxylation is 1. The van der Waals surface area contributed by atoms with Crippen LogP contribution in [-0.2, 0) is 9.59 Å². The number of hydrogen-bond acceptors (Lipinski definition) is 5. The Balaban J connectivity index is 1.90. The first kappa shape index (κ1) is 25.7. The lowest BCUT2D eigenvalue weighted by molar-refractivity contribution is -0.154. The minimum absolute atomic E-state index is 0.0767. The molecule has 7 nitrogen and oxygen atoms in total. The number of rotatable bonds is 5. The molecule has 4 rings (SSSR count). The van der Waals surface area contributed by atoms with E-state index in [-0.39, 0.29) is 11.8 Å². The first-order valence-corrected chi connectivity index (χ1v) is 12.9. The Bertz CT molecular complexity index is 1150. The van der Waals surface area contributed by atoms with Gasteiger partial charge in [0.05, 0.1) is 17.6 Å². The molecule has 0 unspecified atom stereocenters. The van der Waals surface area contributed by atoms with Crippen LogP contribution in [0.4, 0.5) is 5.82 Å². The molecule has 0 bridgehead atoms. The lowest BCUT2D eigenvalue weighted by Crippen LogP contribution is -2.49. The van der Waals surface area contributed by atoms with Crippen molar-refractivity contribution in [2.45, 2.75) is 77.9 Å². The highest BCUT2D eigenvalue weighted by Crippen LogP contribution is 2.50. The van der Waals surface area contributed by atoms with Gasteiger partial charge in [0.15, 0.2) is 0 Å². The molecule has 1 saturated heterocycles. The minimum Gasteiger partial charge on any atom is -0.480 e. The Morgan fingerprint density at radius 3 is 2.33 bits per heavy atom. The largest absolute Gasteiger partial charge is 0.480 e. The summed E-state index contributed by atoms with van der Waals surface area (Å²) >= 11 is 0. The second-order valence-electron chi connectivity index (χ2n) is 11.2. The molecule has 4 atom stereocenters. The number of nitrogens with one attached hydrogen (secondary N) is 1. The first-order valence-electron chi connectivity index (χ1n) is 12.9. The van der Waals surface area contributed by atoms with Crippen molar-refractivity contribution in [3.63, 3.8) is 0 Å². The van der Waals surface area contributed by atoms with E-state index in [0.29, 0.717) is 11.4 Å². The Hall–Kier alpha value is -3.40. The number of aromatic nitrogens is 1. The molecule has 2 N–H and O–H groups in total. The number of pyridine rings is 1. The van der Waals surface area contributed by atoms with Crippen LogP contribution in [0, 0.1) is 35.5 Å². The van der Waals surface area contributed by atoms with Crippen LogP contribution in [0.5, 0.6) is 0 Å². The van der Waals surface area contributed by atoms with E-state index in [9.17, 15) is 20.0 Å². The van der Waals surface area contributed by atoms with Crippen molar-refractivity contribution >= 4 is 17.7 Å². The average Bonchev–Trinajstić information content (AvgIpc) is 3.20. The lowest BCUT2D eigenvalue weighted by Gasteiger charge is -2.36. The fourth-order valence-electron chi connectivity index (χ4n) is 6.13. The fraction of sp³-hybridized carbons (Fsp3) is 0.517. The number of benzene rings is 1. The number of nitrogens with zero attached hydrogens (tertiary/aromatic N) is 3. The number of likely N-dealkylation sites (tertiary alicyclic amines) is 1. The number of carbonyl (C=O) groups is 2. The molecule has 7 heteroatoms. The predicted molar refractivity (Wildman–Crippen MR) is 138 cm³/mol. The van der Waals surface area contributed by atoms with Crippen LogP contribution in [0.3, 0.4) is 0 Å². The number of carboxylic acids is 1. The molecule has 1 saturated carbocycles. The van der Waals surface area contributed by atoms with Gasteiger partial charge in [-0.15, -0.1) is 0 Å². The Kier molecular flexibility index (Phi) is 7.35. The smallest absolute Gasteiger partial charge is 0.326 e. The monoisotopic (exact) mass is 488 g/mol. The molecule has 190 valence electrons. The summed E-state index contributed by atoms with van der Waals surface area (Å²) in [5.74, 6) is -1.25. The number of nitriles is 1. The highest BCUT2D eigenvalue weighted by atomic mass is 16.4. The van der Waals surface area contributed by atoms with Gasteiger partial charge in [0.2, 0.25) is 5.91 Å². The average molecular weight is 489 g/mol. The normalized spacial score (nSPS) is 24.8. The van der Waals surface area contributed by atoms with Gasteiger partial charge in [-0.05, 0) is 42.9 Å². The standard InChI is InChI=1S/C29H36N4O3/c1-18-15-16-21(17-30)26(31-18)32-23-22(29(2,3)4)25(28(35)36)33(24(23)19-11-7-5-8-12-19)27(34)20-13-9-6-10-14-20/h5,7-8,11-12,15-16,20,22-25H,6,9-10,13-14H2,1-4H3,(H,31,32)(H,35,36)/t22-,23-,24-,25-/m0/s1. The Morgan fingerprint density at radius 2 is 1.75 bits per heavy atom. The maximum atomic E-state index is 14.1. The highest BCUT2D eigenvalue weighted by Gasteiger charge is 2.58. The molecule has 1 aromatic heterocycles. The zero-order chi connectivity index (χ0) is 26.0. The predicted octanol–water partition coefficient (Wildman–Crippen LogP) is 5.32. The molecule has 1 amide bonds. The van der Waals surface area contributed by atoms with Gasteiger partial charge in [-0.2, -0.15) is 5.26 Å². The van der Waals surface area contributed by atoms with E-state index >= 15 is 0 Å². The third-order valence-electron chi connectivity index (χ3n) is 7.73. The maximum Gasteiger partial charge on any atom is 0.326 e. The summed E-state index contributed by atoms with van der Waals surface area (Å²) in [5.41, 5.74) is 1.57. The van der Waals surface area contributed by atoms with Crippen molar-refractivity contribution in [3.8, 4) is 6.07 Å². The number of carboxylic acid groups (broad SMARTS) is 1. The molecular formula is C29H36N4O3. The van der Waals surface area contributed by atoms with Crippen LogP contribution in [0.1, 0.15) is 75.7 Å². The molecule has 2 aromatic rings. The molecular weight excluding hydrogens is 452 g/mol. The third kappa shape index (κ3) is 4.95. The number of anilines is 1. The number of carbonyl (C=O) groups excluding carboxylic acids is 1. The molecule has 1 aliphatic heterocycles. The Labute approximate surface area is 213 Å². The third-order valence-corrected chi connectivity index (χ3v) is 7.73. The van der Waals surface area contributed by atoms with Crippen LogP contribution in [-0.4, -0.2) is 39.0 Å². The van der Waals surface area contributed by atoms with Gasteiger partial charge in [0.1, 0.15) is 17.9 Å². The molecule has 2 fully saturated rings. The van der Waals surface area contributed by atoms with E-state index in [1.807, 2.05) is 58.0 Å². The SMILES string of the molecule is Cc1ccc(C#N)c(N[C@H]2[C@H](C(C)(C)C)[C@@H](C(=O)O)N(C(=O)C3CCCCC3)[C@H]2c2ccccc2)n1. The molecule has 2 heterocycles. The van der Waals surface area contributed by atoms with E-state index in [2.05, 4.69) is 16.4 Å². The molecule has 2 aliphatic rings. The summed E-state index contributed by atoms with van der Waals surface area (Å²) in [5, 5.41) is 23.8. The molecule has 36 heavy (non-hydrogen) atoms. The summed E-state index contributed by atoms with van der Waals surface area (Å²) in [6.45, 7) is 7.92. The number of hydrogen-bond donors (Lipinski definition) is 2. The van der Waals surface area contributed by atoms with Crippen molar-refractivity contribution in [1.82, 2.24) is 9.88 Å². The van der Waals surface area contributed by atoms with Crippen molar-refractivity contribution in [2.24, 2.45) is 17.3 Å². The molecule has 0 spiro atoms. The highest BCUT2D eigenvalue weighted by molar-refractivity contribution is 5.87. The molecule has 1 aliphatic carbocycles. The summed E-state index contributed by atoms with van der Waals surface area (Å²) in [4.78, 5) is 33.3. The van der Waals surface area contributed by atoms with Crippen molar-refractivity contribution < 1.29 is 14.7 Å². The first-order chi connectivity index (χ1) is 17.1. The van der Waals surface area contributed by atoms with E-state index < -0.39 is 35.4 Å². The van der Waals surface area contributed by atoms with Crippen molar-refractivity contribution in [3.05, 3.63) is 59.3 Å².